The highest BCUT2D eigenvalue weighted by Crippen LogP contribution is 2.41. The fourth-order valence-electron chi connectivity index (χ4n) is 3.00. The molecule has 2 unspecified atom stereocenters. The average molecular weight is 363 g/mol. The van der Waals surface area contributed by atoms with E-state index in [1.165, 1.54) is 18.4 Å². The van der Waals surface area contributed by atoms with Crippen LogP contribution in [0.2, 0.25) is 0 Å². The minimum atomic E-state index is -4.27. The maximum atomic E-state index is 12.9. The Bertz CT molecular complexity index is 639. The Balaban J connectivity index is 2.15. The Hall–Kier alpha value is -1.57. The van der Waals surface area contributed by atoms with E-state index in [0.717, 1.165) is 4.88 Å². The molecule has 1 fully saturated rings. The average Bonchev–Trinajstić information content (AvgIpc) is 2.80. The minimum absolute atomic E-state index is 0.0674. The van der Waals surface area contributed by atoms with Gasteiger partial charge in [0.25, 0.3) is 0 Å². The number of amides is 1. The lowest BCUT2D eigenvalue weighted by atomic mass is 9.80. The van der Waals surface area contributed by atoms with Crippen molar-refractivity contribution >= 4 is 28.2 Å². The number of nitrogens with one attached hydrogen (secondary N) is 1. The molecule has 0 saturated heterocycles. The van der Waals surface area contributed by atoms with Crippen LogP contribution >= 0.6 is 11.3 Å². The van der Waals surface area contributed by atoms with Crippen LogP contribution < -0.4 is 5.32 Å². The summed E-state index contributed by atoms with van der Waals surface area (Å²) in [4.78, 5) is 25.1. The summed E-state index contributed by atoms with van der Waals surface area (Å²) in [5, 5.41) is 2.98. The fraction of sp³-hybridized carbons (Fsp3) is 0.625. The summed E-state index contributed by atoms with van der Waals surface area (Å²) in [6.07, 6.45) is -3.61. The molecule has 1 saturated carbocycles. The van der Waals surface area contributed by atoms with Crippen molar-refractivity contribution in [2.45, 2.75) is 45.7 Å². The number of hydrogen-bond donors (Lipinski definition) is 1. The second-order valence-corrected chi connectivity index (χ2v) is 7.30. The van der Waals surface area contributed by atoms with Crippen LogP contribution in [0.3, 0.4) is 0 Å². The van der Waals surface area contributed by atoms with Crippen molar-refractivity contribution < 1.29 is 27.5 Å². The molecule has 24 heavy (non-hydrogen) atoms. The maximum absolute atomic E-state index is 12.9. The maximum Gasteiger partial charge on any atom is 0.391 e. The zero-order valence-electron chi connectivity index (χ0n) is 13.8. The molecule has 1 aliphatic rings. The fourth-order valence-corrected chi connectivity index (χ4v) is 4.05. The Labute approximate surface area is 142 Å². The second kappa shape index (κ2) is 7.13. The van der Waals surface area contributed by atoms with E-state index in [4.69, 9.17) is 4.74 Å². The van der Waals surface area contributed by atoms with E-state index in [1.54, 1.807) is 6.92 Å². The van der Waals surface area contributed by atoms with Gasteiger partial charge in [-0.05, 0) is 38.7 Å². The van der Waals surface area contributed by atoms with Crippen LogP contribution in [0.1, 0.15) is 46.5 Å². The van der Waals surface area contributed by atoms with Crippen molar-refractivity contribution in [2.24, 2.45) is 11.8 Å². The van der Waals surface area contributed by atoms with E-state index >= 15 is 0 Å². The number of anilines is 1. The molecule has 2 atom stereocenters. The number of aryl methyl sites for hydroxylation is 1. The van der Waals surface area contributed by atoms with E-state index in [1.807, 2.05) is 6.92 Å². The second-order valence-electron chi connectivity index (χ2n) is 6.07. The molecule has 0 bridgehead atoms. The SMILES string of the molecule is COC(=O)c1c(NC(=O)C2CCCC(C(F)(F)F)C2)sc(C)c1C. The summed E-state index contributed by atoms with van der Waals surface area (Å²) in [5.41, 5.74) is 0.982. The normalized spacial score (nSPS) is 21.4. The van der Waals surface area contributed by atoms with E-state index in [0.29, 0.717) is 23.4 Å². The van der Waals surface area contributed by atoms with Crippen LogP contribution in [0, 0.1) is 25.7 Å². The third kappa shape index (κ3) is 3.91. The smallest absolute Gasteiger partial charge is 0.391 e. The van der Waals surface area contributed by atoms with Crippen LogP contribution in [0.25, 0.3) is 0 Å². The molecule has 134 valence electrons. The van der Waals surface area contributed by atoms with Crippen molar-refractivity contribution in [1.29, 1.82) is 0 Å². The first kappa shape index (κ1) is 18.8. The zero-order chi connectivity index (χ0) is 18.1. The molecule has 1 aromatic heterocycles. The van der Waals surface area contributed by atoms with Gasteiger partial charge < -0.3 is 10.1 Å². The molecule has 2 rings (SSSR count). The van der Waals surface area contributed by atoms with Gasteiger partial charge in [0.05, 0.1) is 18.6 Å². The van der Waals surface area contributed by atoms with Crippen molar-refractivity contribution in [2.75, 3.05) is 12.4 Å². The molecular formula is C16H20F3NO3S. The first-order chi connectivity index (χ1) is 11.1. The van der Waals surface area contributed by atoms with E-state index in [9.17, 15) is 22.8 Å². The van der Waals surface area contributed by atoms with Crippen LogP contribution in [0.4, 0.5) is 18.2 Å². The summed E-state index contributed by atoms with van der Waals surface area (Å²) in [6.45, 7) is 3.55. The van der Waals surface area contributed by atoms with Crippen molar-refractivity contribution in [3.8, 4) is 0 Å². The van der Waals surface area contributed by atoms with Gasteiger partial charge in [-0.2, -0.15) is 13.2 Å². The lowest BCUT2D eigenvalue weighted by molar-refractivity contribution is -0.185. The Morgan fingerprint density at radius 3 is 2.50 bits per heavy atom. The molecule has 0 aromatic carbocycles. The third-order valence-electron chi connectivity index (χ3n) is 4.52. The van der Waals surface area contributed by atoms with Crippen molar-refractivity contribution in [1.82, 2.24) is 0 Å². The van der Waals surface area contributed by atoms with Gasteiger partial charge >= 0.3 is 12.1 Å². The molecule has 0 radical (unpaired) electrons. The third-order valence-corrected chi connectivity index (χ3v) is 5.64. The summed E-state index contributed by atoms with van der Waals surface area (Å²) in [6, 6.07) is 0. The summed E-state index contributed by atoms with van der Waals surface area (Å²) < 4.78 is 43.4. The zero-order valence-corrected chi connectivity index (χ0v) is 14.6. The monoisotopic (exact) mass is 363 g/mol. The number of rotatable bonds is 3. The minimum Gasteiger partial charge on any atom is -0.465 e. The van der Waals surface area contributed by atoms with E-state index in [-0.39, 0.29) is 18.4 Å². The molecule has 4 nitrogen and oxygen atoms in total. The standard InChI is InChI=1S/C16H20F3NO3S/c1-8-9(2)24-14(12(8)15(22)23-3)20-13(21)10-5-4-6-11(7-10)16(17,18)19/h10-11H,4-7H2,1-3H3,(H,20,21). The van der Waals surface area contributed by atoms with Gasteiger partial charge in [0.2, 0.25) is 5.91 Å². The van der Waals surface area contributed by atoms with Gasteiger partial charge in [0.15, 0.2) is 0 Å². The van der Waals surface area contributed by atoms with Gasteiger partial charge in [0.1, 0.15) is 5.00 Å². The number of methoxy groups -OCH3 is 1. The van der Waals surface area contributed by atoms with Gasteiger partial charge in [-0.3, -0.25) is 4.79 Å². The molecule has 1 aliphatic carbocycles. The Morgan fingerprint density at radius 1 is 1.25 bits per heavy atom. The topological polar surface area (TPSA) is 55.4 Å². The van der Waals surface area contributed by atoms with Gasteiger partial charge in [-0.1, -0.05) is 6.42 Å². The van der Waals surface area contributed by atoms with Gasteiger partial charge in [0, 0.05) is 10.8 Å². The highest BCUT2D eigenvalue weighted by atomic mass is 32.1. The van der Waals surface area contributed by atoms with Crippen molar-refractivity contribution in [3.63, 3.8) is 0 Å². The van der Waals surface area contributed by atoms with E-state index in [2.05, 4.69) is 5.32 Å². The number of carbonyl (C=O) groups is 2. The summed E-state index contributed by atoms with van der Waals surface area (Å²) >= 11 is 1.23. The molecule has 0 aliphatic heterocycles. The predicted molar refractivity (Wildman–Crippen MR) is 85.3 cm³/mol. The Kier molecular flexibility index (Phi) is 5.57. The van der Waals surface area contributed by atoms with Crippen LogP contribution in [0.15, 0.2) is 0 Å². The van der Waals surface area contributed by atoms with Gasteiger partial charge in [-0.25, -0.2) is 4.79 Å². The number of hydrogen-bond acceptors (Lipinski definition) is 4. The van der Waals surface area contributed by atoms with Crippen LogP contribution in [-0.2, 0) is 9.53 Å². The first-order valence-corrected chi connectivity index (χ1v) is 8.52. The number of alkyl halides is 3. The molecule has 8 heteroatoms. The van der Waals surface area contributed by atoms with E-state index < -0.39 is 29.9 Å². The largest absolute Gasteiger partial charge is 0.465 e. The van der Waals surface area contributed by atoms with Crippen LogP contribution in [-0.4, -0.2) is 25.2 Å². The number of thiophene rings is 1. The highest BCUT2D eigenvalue weighted by molar-refractivity contribution is 7.16. The predicted octanol–water partition coefficient (Wildman–Crippen LogP) is 4.46. The van der Waals surface area contributed by atoms with Crippen LogP contribution in [0.5, 0.6) is 0 Å². The molecule has 0 spiro atoms. The quantitative estimate of drug-likeness (QED) is 0.807. The van der Waals surface area contributed by atoms with Crippen molar-refractivity contribution in [3.05, 3.63) is 16.0 Å². The number of esters is 1. The molecular weight excluding hydrogens is 343 g/mol. The summed E-state index contributed by atoms with van der Waals surface area (Å²) in [5.74, 6) is -3.16. The number of halogens is 3. The summed E-state index contributed by atoms with van der Waals surface area (Å²) in [7, 11) is 1.25. The Morgan fingerprint density at radius 2 is 1.92 bits per heavy atom. The lowest BCUT2D eigenvalue weighted by Gasteiger charge is -2.29. The number of ether oxygens (including phenoxy) is 1. The highest BCUT2D eigenvalue weighted by Gasteiger charge is 2.43. The molecule has 1 amide bonds. The molecule has 1 heterocycles. The van der Waals surface area contributed by atoms with Gasteiger partial charge in [-0.15, -0.1) is 11.3 Å². The molecule has 1 aromatic rings. The molecule has 1 N–H and O–H groups in total. The number of carbonyl (C=O) groups excluding carboxylic acids is 2. The first-order valence-electron chi connectivity index (χ1n) is 7.71. The lowest BCUT2D eigenvalue weighted by Crippen LogP contribution is -2.34.